The molecule has 0 aromatic heterocycles. The molecule has 0 saturated heterocycles. The summed E-state index contributed by atoms with van der Waals surface area (Å²) in [6.07, 6.45) is 9.03. The number of halogens is 1. The van der Waals surface area contributed by atoms with Crippen LogP contribution in [0, 0.1) is 12.7 Å². The van der Waals surface area contributed by atoms with E-state index in [4.69, 9.17) is 10.5 Å². The van der Waals surface area contributed by atoms with Crippen LogP contribution in [-0.4, -0.2) is 13.4 Å². The Morgan fingerprint density at radius 2 is 1.64 bits per heavy atom. The highest BCUT2D eigenvalue weighted by Gasteiger charge is 2.37. The number of hydrogen-bond donors (Lipinski definition) is 1. The molecule has 1 aliphatic rings. The minimum atomic E-state index is -0.222. The van der Waals surface area contributed by atoms with Gasteiger partial charge in [0.1, 0.15) is 12.1 Å². The lowest BCUT2D eigenvalue weighted by Crippen LogP contribution is -2.34. The smallest absolute Gasteiger partial charge is 0.142 e. The summed E-state index contributed by atoms with van der Waals surface area (Å²) in [6.45, 7) is 11.9. The number of nitrogens with two attached hydrogens (primary N) is 1. The van der Waals surface area contributed by atoms with E-state index in [1.807, 2.05) is 6.08 Å². The van der Waals surface area contributed by atoms with Crippen LogP contribution in [0.4, 0.5) is 4.39 Å². The van der Waals surface area contributed by atoms with Crippen molar-refractivity contribution < 1.29 is 13.9 Å². The molecule has 2 aromatic carbocycles. The summed E-state index contributed by atoms with van der Waals surface area (Å²) in [4.78, 5) is 10.4. The second kappa shape index (κ2) is 11.4. The Kier molecular flexibility index (Phi) is 9.18. The predicted octanol–water partition coefficient (Wildman–Crippen LogP) is 6.46. The Morgan fingerprint density at radius 3 is 2.15 bits per heavy atom. The highest BCUT2D eigenvalue weighted by Crippen LogP contribution is 2.46. The van der Waals surface area contributed by atoms with Crippen LogP contribution in [0.15, 0.2) is 60.4 Å². The van der Waals surface area contributed by atoms with E-state index in [1.54, 1.807) is 31.4 Å². The molecule has 0 fully saturated rings. The summed E-state index contributed by atoms with van der Waals surface area (Å²) in [5, 5.41) is 0. The van der Waals surface area contributed by atoms with Crippen molar-refractivity contribution in [1.29, 1.82) is 0 Å². The van der Waals surface area contributed by atoms with E-state index in [0.29, 0.717) is 5.56 Å². The van der Waals surface area contributed by atoms with Crippen LogP contribution in [0.2, 0.25) is 0 Å². The fourth-order valence-electron chi connectivity index (χ4n) is 4.22. The number of carbonyl (C=O) groups excluding carboxylic acids is 1. The molecule has 2 N–H and O–H groups in total. The van der Waals surface area contributed by atoms with Gasteiger partial charge in [-0.1, -0.05) is 64.1 Å². The lowest BCUT2D eigenvalue weighted by atomic mass is 9.62. The van der Waals surface area contributed by atoms with Gasteiger partial charge in [-0.2, -0.15) is 0 Å². The summed E-state index contributed by atoms with van der Waals surface area (Å²) in [7, 11) is 1.68. The van der Waals surface area contributed by atoms with Crippen LogP contribution in [-0.2, 0) is 33.3 Å². The third-order valence-electron chi connectivity index (χ3n) is 6.59. The summed E-state index contributed by atoms with van der Waals surface area (Å²) in [6, 6.07) is 11.2. The second-order valence-electron chi connectivity index (χ2n) is 9.92. The largest absolute Gasteiger partial charge is 0.501 e. The molecule has 0 heterocycles. The molecule has 178 valence electrons. The molecule has 0 atom stereocenters. The summed E-state index contributed by atoms with van der Waals surface area (Å²) in [5.74, 6) is 0.643. The van der Waals surface area contributed by atoms with Gasteiger partial charge in [-0.05, 0) is 71.1 Å². The predicted molar refractivity (Wildman–Crippen MR) is 135 cm³/mol. The number of hydrogen-bond acceptors (Lipinski definition) is 3. The van der Waals surface area contributed by atoms with Crippen molar-refractivity contribution >= 4 is 6.29 Å². The fourth-order valence-corrected chi connectivity index (χ4v) is 4.22. The molecule has 1 aliphatic carbocycles. The average molecular weight is 452 g/mol. The van der Waals surface area contributed by atoms with E-state index in [1.165, 1.54) is 47.2 Å². The normalized spacial score (nSPS) is 16.5. The van der Waals surface area contributed by atoms with Gasteiger partial charge in [-0.3, -0.25) is 4.79 Å². The quantitative estimate of drug-likeness (QED) is 0.237. The molecule has 0 bridgehead atoms. The molecule has 4 heteroatoms. The lowest BCUT2D eigenvalue weighted by molar-refractivity contribution is -0.104. The summed E-state index contributed by atoms with van der Waals surface area (Å²) >= 11 is 0. The summed E-state index contributed by atoms with van der Waals surface area (Å²) < 4.78 is 18.0. The first-order valence-electron chi connectivity index (χ1n) is 11.5. The number of methoxy groups -OCH3 is 1. The highest BCUT2D eigenvalue weighted by atomic mass is 19.1. The van der Waals surface area contributed by atoms with E-state index >= 15 is 0 Å². The first kappa shape index (κ1) is 26.5. The number of carbonyl (C=O) groups is 1. The molecule has 33 heavy (non-hydrogen) atoms. The first-order chi connectivity index (χ1) is 15.6. The van der Waals surface area contributed by atoms with E-state index in [2.05, 4.69) is 46.8 Å². The maximum absolute atomic E-state index is 12.5. The van der Waals surface area contributed by atoms with Crippen molar-refractivity contribution in [3.63, 3.8) is 0 Å². The Labute approximate surface area is 198 Å². The topological polar surface area (TPSA) is 52.3 Å². The standard InChI is InChI=1S/C22H30O2.C7H8FN/c1-16-13-19-20(22(4,5)11-10-21(19,2)3)15-17(16)14-18(24-6)9-7-8-12-23;8-7-4-2-1-3-6(7)5-9/h7-9,12-13,15H,10-11,14H2,1-6H3;1-4H,5,9H2/b8-7+,18-9-;. The maximum atomic E-state index is 12.5. The minimum absolute atomic E-state index is 0.210. The Balaban J connectivity index is 0.000000357. The van der Waals surface area contributed by atoms with E-state index in [-0.39, 0.29) is 23.2 Å². The molecule has 3 nitrogen and oxygen atoms in total. The molecule has 0 unspecified atom stereocenters. The molecular formula is C29H38FNO2. The third-order valence-corrected chi connectivity index (χ3v) is 6.59. The number of fused-ring (bicyclic) bond motifs is 1. The van der Waals surface area contributed by atoms with E-state index < -0.39 is 0 Å². The van der Waals surface area contributed by atoms with Gasteiger partial charge >= 0.3 is 0 Å². The van der Waals surface area contributed by atoms with E-state index in [9.17, 15) is 9.18 Å². The number of benzene rings is 2. The van der Waals surface area contributed by atoms with Crippen molar-refractivity contribution in [2.75, 3.05) is 7.11 Å². The first-order valence-corrected chi connectivity index (χ1v) is 11.5. The fraction of sp³-hybridized carbons (Fsp3) is 0.414. The van der Waals surface area contributed by atoms with Crippen molar-refractivity contribution in [2.24, 2.45) is 5.73 Å². The zero-order chi connectivity index (χ0) is 24.6. The van der Waals surface area contributed by atoms with Crippen LogP contribution >= 0.6 is 0 Å². The molecule has 0 saturated carbocycles. The Hall–Kier alpha value is -2.72. The van der Waals surface area contributed by atoms with Crippen molar-refractivity contribution in [2.45, 2.75) is 71.3 Å². The van der Waals surface area contributed by atoms with Gasteiger partial charge in [-0.25, -0.2) is 4.39 Å². The molecule has 3 rings (SSSR count). The number of rotatable bonds is 6. The monoisotopic (exact) mass is 451 g/mol. The van der Waals surface area contributed by atoms with Gasteiger partial charge in [-0.15, -0.1) is 0 Å². The zero-order valence-corrected chi connectivity index (χ0v) is 20.9. The highest BCUT2D eigenvalue weighted by molar-refractivity contribution is 5.65. The van der Waals surface area contributed by atoms with Crippen molar-refractivity contribution in [1.82, 2.24) is 0 Å². The van der Waals surface area contributed by atoms with Crippen LogP contribution in [0.1, 0.15) is 68.4 Å². The minimum Gasteiger partial charge on any atom is -0.501 e. The van der Waals surface area contributed by atoms with Crippen LogP contribution < -0.4 is 5.73 Å². The average Bonchev–Trinajstić information content (AvgIpc) is 2.78. The van der Waals surface area contributed by atoms with Gasteiger partial charge in [0, 0.05) is 18.5 Å². The number of allylic oxidation sites excluding steroid dienone is 4. The molecular weight excluding hydrogens is 413 g/mol. The second-order valence-corrected chi connectivity index (χ2v) is 9.92. The van der Waals surface area contributed by atoms with E-state index in [0.717, 1.165) is 18.5 Å². The van der Waals surface area contributed by atoms with Gasteiger partial charge < -0.3 is 10.5 Å². The van der Waals surface area contributed by atoms with Gasteiger partial charge in [0.05, 0.1) is 12.9 Å². The Bertz CT molecular complexity index is 1020. The molecule has 0 amide bonds. The van der Waals surface area contributed by atoms with Crippen LogP contribution in [0.25, 0.3) is 0 Å². The molecule has 0 spiro atoms. The van der Waals surface area contributed by atoms with Gasteiger partial charge in [0.15, 0.2) is 0 Å². The van der Waals surface area contributed by atoms with Crippen LogP contribution in [0.5, 0.6) is 0 Å². The molecule has 0 aliphatic heterocycles. The number of aryl methyl sites for hydroxylation is 1. The van der Waals surface area contributed by atoms with Crippen molar-refractivity contribution in [3.05, 3.63) is 94.0 Å². The number of aldehydes is 1. The van der Waals surface area contributed by atoms with Gasteiger partial charge in [0.25, 0.3) is 0 Å². The lowest BCUT2D eigenvalue weighted by Gasteiger charge is -2.42. The third kappa shape index (κ3) is 6.88. The molecule has 0 radical (unpaired) electrons. The van der Waals surface area contributed by atoms with Crippen LogP contribution in [0.3, 0.4) is 0 Å². The van der Waals surface area contributed by atoms with Crippen molar-refractivity contribution in [3.8, 4) is 0 Å². The zero-order valence-electron chi connectivity index (χ0n) is 20.9. The summed E-state index contributed by atoms with van der Waals surface area (Å²) in [5.41, 5.74) is 11.8. The Morgan fingerprint density at radius 1 is 1.03 bits per heavy atom. The maximum Gasteiger partial charge on any atom is 0.142 e. The SMILES string of the molecule is CO/C(=C\C=C\C=O)Cc1cc2c(cc1C)C(C)(C)CCC2(C)C.NCc1ccccc1F. The number of ether oxygens (including phenoxy) is 1. The van der Waals surface area contributed by atoms with Gasteiger partial charge in [0.2, 0.25) is 0 Å². The molecule has 2 aromatic rings.